The van der Waals surface area contributed by atoms with E-state index in [0.29, 0.717) is 17.1 Å². The summed E-state index contributed by atoms with van der Waals surface area (Å²) in [5, 5.41) is 26.8. The summed E-state index contributed by atoms with van der Waals surface area (Å²) in [4.78, 5) is 12.1. The lowest BCUT2D eigenvalue weighted by molar-refractivity contribution is -0.131. The van der Waals surface area contributed by atoms with Crippen molar-refractivity contribution in [2.45, 2.75) is 12.1 Å². The lowest BCUT2D eigenvalue weighted by Crippen LogP contribution is -2.10. The molecule has 0 aliphatic heterocycles. The summed E-state index contributed by atoms with van der Waals surface area (Å²) in [6.07, 6.45) is 0. The fourth-order valence-electron chi connectivity index (χ4n) is 2.64. The van der Waals surface area contributed by atoms with Crippen LogP contribution in [0.1, 0.15) is 5.56 Å². The van der Waals surface area contributed by atoms with Crippen molar-refractivity contribution in [1.82, 2.24) is 10.2 Å². The number of aryl methyl sites for hydroxylation is 1. The van der Waals surface area contributed by atoms with Crippen LogP contribution < -0.4 is 9.47 Å². The number of phenolic OH excluding ortho intramolecular Hbond substituents is 2. The van der Waals surface area contributed by atoms with Crippen molar-refractivity contribution in [3.8, 4) is 40.2 Å². The van der Waals surface area contributed by atoms with Crippen LogP contribution in [0.3, 0.4) is 0 Å². The van der Waals surface area contributed by atoms with Crippen molar-refractivity contribution >= 4 is 17.7 Å². The smallest absolute Gasteiger partial charge is 0.321 e. The van der Waals surface area contributed by atoms with E-state index < -0.39 is 5.97 Å². The van der Waals surface area contributed by atoms with Crippen LogP contribution in [0, 0.1) is 6.92 Å². The second-order valence-electron chi connectivity index (χ2n) is 6.73. The molecule has 0 atom stereocenters. The van der Waals surface area contributed by atoms with E-state index in [4.69, 9.17) is 13.9 Å². The first kappa shape index (κ1) is 21.3. The van der Waals surface area contributed by atoms with Crippen molar-refractivity contribution in [3.63, 3.8) is 0 Å². The van der Waals surface area contributed by atoms with Gasteiger partial charge in [0.1, 0.15) is 23.0 Å². The molecule has 0 aliphatic rings. The van der Waals surface area contributed by atoms with E-state index in [1.165, 1.54) is 18.2 Å². The predicted octanol–water partition coefficient (Wildman–Crippen LogP) is 4.95. The van der Waals surface area contributed by atoms with Gasteiger partial charge in [0, 0.05) is 5.56 Å². The van der Waals surface area contributed by atoms with Crippen molar-refractivity contribution < 1.29 is 28.9 Å². The highest BCUT2D eigenvalue weighted by atomic mass is 32.2. The van der Waals surface area contributed by atoms with Gasteiger partial charge in [-0.2, -0.15) is 0 Å². The van der Waals surface area contributed by atoms with E-state index in [9.17, 15) is 15.0 Å². The lowest BCUT2D eigenvalue weighted by atomic mass is 10.2. The number of carbonyl (C=O) groups excluding carboxylic acids is 1. The van der Waals surface area contributed by atoms with Crippen LogP contribution in [-0.2, 0) is 4.79 Å². The fourth-order valence-corrected chi connectivity index (χ4v) is 3.18. The first-order chi connectivity index (χ1) is 15.5. The number of phenols is 2. The topological polar surface area (TPSA) is 115 Å². The van der Waals surface area contributed by atoms with Gasteiger partial charge in [0.15, 0.2) is 11.5 Å². The number of hydrogen-bond acceptors (Lipinski definition) is 9. The number of nitrogens with zero attached hydrogens (tertiary/aromatic N) is 2. The number of rotatable bonds is 7. The molecule has 4 rings (SSSR count). The van der Waals surface area contributed by atoms with Gasteiger partial charge in [0.2, 0.25) is 5.89 Å². The molecule has 0 saturated heterocycles. The molecular formula is C23H18N2O6S. The van der Waals surface area contributed by atoms with Gasteiger partial charge in [-0.3, -0.25) is 4.79 Å². The SMILES string of the molecule is Cc1ccc(Oc2ccc(OC(=O)CSc3nnc(-c4ccc(O)c(O)c4)o3)cc2)cc1. The zero-order chi connectivity index (χ0) is 22.5. The first-order valence-electron chi connectivity index (χ1n) is 9.50. The Balaban J connectivity index is 1.29. The summed E-state index contributed by atoms with van der Waals surface area (Å²) in [6.45, 7) is 2.00. The van der Waals surface area contributed by atoms with E-state index in [1.807, 2.05) is 31.2 Å². The Morgan fingerprint density at radius 3 is 2.25 bits per heavy atom. The van der Waals surface area contributed by atoms with Crippen LogP contribution >= 0.6 is 11.8 Å². The third kappa shape index (κ3) is 5.38. The maximum atomic E-state index is 12.1. The second-order valence-corrected chi connectivity index (χ2v) is 7.65. The number of aromatic hydroxyl groups is 2. The highest BCUT2D eigenvalue weighted by Crippen LogP contribution is 2.31. The summed E-state index contributed by atoms with van der Waals surface area (Å²) in [6, 6.07) is 18.6. The van der Waals surface area contributed by atoms with Gasteiger partial charge in [-0.25, -0.2) is 0 Å². The molecule has 0 aliphatic carbocycles. The van der Waals surface area contributed by atoms with Gasteiger partial charge >= 0.3 is 5.97 Å². The monoisotopic (exact) mass is 450 g/mol. The number of benzene rings is 3. The highest BCUT2D eigenvalue weighted by molar-refractivity contribution is 7.99. The van der Waals surface area contributed by atoms with Crippen LogP contribution in [-0.4, -0.2) is 32.1 Å². The standard InChI is InChI=1S/C23H18N2O6S/c1-14-2-5-16(6-3-14)29-17-7-9-18(10-8-17)30-21(28)13-32-23-25-24-22(31-23)15-4-11-19(26)20(27)12-15/h2-12,26-27H,13H2,1H3. The molecule has 9 heteroatoms. The zero-order valence-corrected chi connectivity index (χ0v) is 17.7. The summed E-state index contributed by atoms with van der Waals surface area (Å²) < 4.78 is 16.5. The summed E-state index contributed by atoms with van der Waals surface area (Å²) in [7, 11) is 0. The molecule has 0 spiro atoms. The molecule has 2 N–H and O–H groups in total. The molecule has 3 aromatic carbocycles. The maximum absolute atomic E-state index is 12.1. The van der Waals surface area contributed by atoms with Gasteiger partial charge in [0.25, 0.3) is 5.22 Å². The Bertz CT molecular complexity index is 1220. The Morgan fingerprint density at radius 2 is 1.56 bits per heavy atom. The average molecular weight is 450 g/mol. The molecule has 8 nitrogen and oxygen atoms in total. The number of carbonyl (C=O) groups is 1. The molecule has 1 heterocycles. The largest absolute Gasteiger partial charge is 0.504 e. The molecule has 0 radical (unpaired) electrons. The number of esters is 1. The second kappa shape index (κ2) is 9.44. The number of hydrogen-bond donors (Lipinski definition) is 2. The average Bonchev–Trinajstić information content (AvgIpc) is 3.26. The predicted molar refractivity (Wildman–Crippen MR) is 117 cm³/mol. The third-order valence-electron chi connectivity index (χ3n) is 4.25. The van der Waals surface area contributed by atoms with E-state index in [-0.39, 0.29) is 28.4 Å². The van der Waals surface area contributed by atoms with E-state index in [0.717, 1.165) is 23.1 Å². The van der Waals surface area contributed by atoms with E-state index >= 15 is 0 Å². The van der Waals surface area contributed by atoms with Crippen molar-refractivity contribution in [1.29, 1.82) is 0 Å². The fraction of sp³-hybridized carbons (Fsp3) is 0.0870. The molecule has 0 bridgehead atoms. The molecule has 1 aromatic heterocycles. The molecule has 0 saturated carbocycles. The van der Waals surface area contributed by atoms with Crippen molar-refractivity contribution in [2.24, 2.45) is 0 Å². The maximum Gasteiger partial charge on any atom is 0.321 e. The Morgan fingerprint density at radius 1 is 0.906 bits per heavy atom. The Kier molecular flexibility index (Phi) is 6.27. The van der Waals surface area contributed by atoms with Crippen LogP contribution in [0.5, 0.6) is 28.7 Å². The Hall–Kier alpha value is -3.98. The van der Waals surface area contributed by atoms with Gasteiger partial charge in [-0.15, -0.1) is 10.2 Å². The van der Waals surface area contributed by atoms with Crippen LogP contribution in [0.2, 0.25) is 0 Å². The van der Waals surface area contributed by atoms with Gasteiger partial charge in [-0.1, -0.05) is 29.5 Å². The zero-order valence-electron chi connectivity index (χ0n) is 16.9. The molecule has 4 aromatic rings. The van der Waals surface area contributed by atoms with Gasteiger partial charge in [-0.05, 0) is 61.5 Å². The minimum atomic E-state index is -0.482. The molecule has 32 heavy (non-hydrogen) atoms. The summed E-state index contributed by atoms with van der Waals surface area (Å²) >= 11 is 1.03. The van der Waals surface area contributed by atoms with Crippen LogP contribution in [0.15, 0.2) is 76.4 Å². The number of ether oxygens (including phenoxy) is 2. The minimum Gasteiger partial charge on any atom is -0.504 e. The van der Waals surface area contributed by atoms with Crippen molar-refractivity contribution in [2.75, 3.05) is 5.75 Å². The van der Waals surface area contributed by atoms with E-state index in [1.54, 1.807) is 24.3 Å². The van der Waals surface area contributed by atoms with Crippen LogP contribution in [0.4, 0.5) is 0 Å². The van der Waals surface area contributed by atoms with Crippen LogP contribution in [0.25, 0.3) is 11.5 Å². The lowest BCUT2D eigenvalue weighted by Gasteiger charge is -2.07. The number of aromatic nitrogens is 2. The molecule has 0 fully saturated rings. The van der Waals surface area contributed by atoms with Crippen molar-refractivity contribution in [3.05, 3.63) is 72.3 Å². The van der Waals surface area contributed by atoms with Gasteiger partial charge < -0.3 is 24.1 Å². The first-order valence-corrected chi connectivity index (χ1v) is 10.5. The summed E-state index contributed by atoms with van der Waals surface area (Å²) in [5.41, 5.74) is 1.59. The third-order valence-corrected chi connectivity index (χ3v) is 5.05. The van der Waals surface area contributed by atoms with Gasteiger partial charge in [0.05, 0.1) is 0 Å². The normalized spacial score (nSPS) is 10.7. The molecule has 162 valence electrons. The summed E-state index contributed by atoms with van der Waals surface area (Å²) in [5.74, 6) is 0.820. The Labute approximate surface area is 187 Å². The van der Waals surface area contributed by atoms with E-state index in [2.05, 4.69) is 10.2 Å². The molecule has 0 unspecified atom stereocenters. The minimum absolute atomic E-state index is 0.0376. The highest BCUT2D eigenvalue weighted by Gasteiger charge is 2.14. The molecular weight excluding hydrogens is 432 g/mol. The quantitative estimate of drug-likeness (QED) is 0.175. The number of thioether (sulfide) groups is 1. The molecule has 0 amide bonds.